The molecule has 1 aromatic rings. The minimum atomic E-state index is -0.553. The maximum atomic E-state index is 13.6. The summed E-state index contributed by atoms with van der Waals surface area (Å²) in [7, 11) is 0. The van der Waals surface area contributed by atoms with E-state index < -0.39 is 5.82 Å². The van der Waals surface area contributed by atoms with Gasteiger partial charge in [0.05, 0.1) is 5.69 Å². The van der Waals surface area contributed by atoms with Crippen molar-refractivity contribution in [2.24, 2.45) is 11.7 Å². The maximum Gasteiger partial charge on any atom is 0.225 e. The number of primary amides is 1. The normalized spacial score (nSPS) is 16.5. The molecule has 1 aliphatic rings. The second-order valence-electron chi connectivity index (χ2n) is 5.44. The molecule has 2 amide bonds. The molecule has 2 rings (SSSR count). The Balaban J connectivity index is 1.75. The van der Waals surface area contributed by atoms with Crippen LogP contribution in [0.25, 0.3) is 0 Å². The number of carbonyl (C=O) groups excluding carboxylic acids is 2. The molecule has 3 N–H and O–H groups in total. The number of rotatable bonds is 5. The van der Waals surface area contributed by atoms with E-state index in [1.807, 2.05) is 0 Å². The van der Waals surface area contributed by atoms with Crippen LogP contribution in [0.2, 0.25) is 5.02 Å². The molecule has 0 atom stereocenters. The van der Waals surface area contributed by atoms with Crippen LogP contribution in [-0.2, 0) is 9.59 Å². The van der Waals surface area contributed by atoms with Crippen molar-refractivity contribution in [2.75, 3.05) is 25.0 Å². The number of hydrogen-bond acceptors (Lipinski definition) is 3. The number of anilines is 1. The Morgan fingerprint density at radius 1 is 1.36 bits per heavy atom. The van der Waals surface area contributed by atoms with Crippen molar-refractivity contribution < 1.29 is 14.0 Å². The average Bonchev–Trinajstić information content (AvgIpc) is 2.48. The van der Waals surface area contributed by atoms with Crippen LogP contribution in [0.5, 0.6) is 0 Å². The molecule has 7 heteroatoms. The number of benzene rings is 1. The second kappa shape index (κ2) is 7.56. The molecule has 1 saturated heterocycles. The summed E-state index contributed by atoms with van der Waals surface area (Å²) < 4.78 is 13.6. The summed E-state index contributed by atoms with van der Waals surface area (Å²) in [6, 6.07) is 4.12. The van der Waals surface area contributed by atoms with Crippen LogP contribution >= 0.6 is 11.6 Å². The Labute approximate surface area is 133 Å². The minimum Gasteiger partial charge on any atom is -0.369 e. The summed E-state index contributed by atoms with van der Waals surface area (Å²) in [5.41, 5.74) is 5.41. The molecule has 5 nitrogen and oxygen atoms in total. The highest BCUT2D eigenvalue weighted by Crippen LogP contribution is 2.19. The monoisotopic (exact) mass is 327 g/mol. The maximum absolute atomic E-state index is 13.6. The number of hydrogen-bond donors (Lipinski definition) is 2. The molecule has 0 spiro atoms. The van der Waals surface area contributed by atoms with Crippen LogP contribution < -0.4 is 11.1 Å². The van der Waals surface area contributed by atoms with Gasteiger partial charge in [-0.1, -0.05) is 11.6 Å². The van der Waals surface area contributed by atoms with Crippen LogP contribution in [0.3, 0.4) is 0 Å². The molecule has 0 unspecified atom stereocenters. The molecule has 120 valence electrons. The zero-order valence-electron chi connectivity index (χ0n) is 12.1. The zero-order valence-corrected chi connectivity index (χ0v) is 12.9. The standard InChI is InChI=1S/C15H19ClFN3O2/c16-11-1-2-13(12(17)9-11)19-14(21)5-8-20-6-3-10(4-7-20)15(18)22/h1-2,9-10H,3-8H2,(H2,18,22)(H,19,21). The lowest BCUT2D eigenvalue weighted by Crippen LogP contribution is -2.39. The third-order valence-electron chi connectivity index (χ3n) is 3.85. The van der Waals surface area contributed by atoms with Crippen molar-refractivity contribution in [1.29, 1.82) is 0 Å². The van der Waals surface area contributed by atoms with Crippen LogP contribution in [-0.4, -0.2) is 36.3 Å². The quantitative estimate of drug-likeness (QED) is 0.868. The predicted molar refractivity (Wildman–Crippen MR) is 83.0 cm³/mol. The molecule has 1 heterocycles. The van der Waals surface area contributed by atoms with E-state index in [-0.39, 0.29) is 34.9 Å². The second-order valence-corrected chi connectivity index (χ2v) is 5.88. The summed E-state index contributed by atoms with van der Waals surface area (Å²) in [5.74, 6) is -1.12. The Bertz CT molecular complexity index is 560. The van der Waals surface area contributed by atoms with E-state index in [1.165, 1.54) is 12.1 Å². The minimum absolute atomic E-state index is 0.0618. The topological polar surface area (TPSA) is 75.4 Å². The molecule has 0 bridgehead atoms. The fraction of sp³-hybridized carbons (Fsp3) is 0.467. The predicted octanol–water partition coefficient (Wildman–Crippen LogP) is 2.00. The van der Waals surface area contributed by atoms with E-state index in [0.717, 1.165) is 32.0 Å². The van der Waals surface area contributed by atoms with E-state index in [2.05, 4.69) is 10.2 Å². The number of halogens is 2. The van der Waals surface area contributed by atoms with E-state index in [4.69, 9.17) is 17.3 Å². The highest BCUT2D eigenvalue weighted by atomic mass is 35.5. The summed E-state index contributed by atoms with van der Waals surface area (Å²) in [4.78, 5) is 25.0. The lowest BCUT2D eigenvalue weighted by atomic mass is 9.96. The van der Waals surface area contributed by atoms with Crippen molar-refractivity contribution >= 4 is 29.1 Å². The number of carbonyl (C=O) groups is 2. The number of nitrogens with two attached hydrogens (primary N) is 1. The number of nitrogens with one attached hydrogen (secondary N) is 1. The first kappa shape index (κ1) is 16.7. The number of piperidine rings is 1. The van der Waals surface area contributed by atoms with Gasteiger partial charge < -0.3 is 16.0 Å². The zero-order chi connectivity index (χ0) is 16.1. The van der Waals surface area contributed by atoms with Gasteiger partial charge in [-0.15, -0.1) is 0 Å². The van der Waals surface area contributed by atoms with Crippen molar-refractivity contribution in [2.45, 2.75) is 19.3 Å². The molecule has 1 fully saturated rings. The van der Waals surface area contributed by atoms with E-state index >= 15 is 0 Å². The summed E-state index contributed by atoms with van der Waals surface area (Å²) in [6.07, 6.45) is 1.72. The first-order chi connectivity index (χ1) is 10.5. The Hall–Kier alpha value is -1.66. The van der Waals surface area contributed by atoms with E-state index in [0.29, 0.717) is 6.54 Å². The fourth-order valence-corrected chi connectivity index (χ4v) is 2.66. The fourth-order valence-electron chi connectivity index (χ4n) is 2.50. The van der Waals surface area contributed by atoms with Crippen molar-refractivity contribution in [3.05, 3.63) is 29.0 Å². The van der Waals surface area contributed by atoms with Crippen LogP contribution in [0.1, 0.15) is 19.3 Å². The highest BCUT2D eigenvalue weighted by molar-refractivity contribution is 6.30. The Morgan fingerprint density at radius 2 is 2.05 bits per heavy atom. The van der Waals surface area contributed by atoms with Gasteiger partial charge in [0, 0.05) is 23.9 Å². The van der Waals surface area contributed by atoms with Gasteiger partial charge in [0.2, 0.25) is 11.8 Å². The number of nitrogens with zero attached hydrogens (tertiary/aromatic N) is 1. The van der Waals surface area contributed by atoms with Crippen molar-refractivity contribution in [1.82, 2.24) is 4.90 Å². The lowest BCUT2D eigenvalue weighted by Gasteiger charge is -2.30. The smallest absolute Gasteiger partial charge is 0.225 e. The van der Waals surface area contributed by atoms with Gasteiger partial charge in [-0.05, 0) is 44.1 Å². The molecule has 0 radical (unpaired) electrons. The molecule has 1 aliphatic heterocycles. The van der Waals surface area contributed by atoms with Gasteiger partial charge in [-0.3, -0.25) is 9.59 Å². The van der Waals surface area contributed by atoms with Crippen LogP contribution in [0.15, 0.2) is 18.2 Å². The van der Waals surface area contributed by atoms with Gasteiger partial charge in [0.15, 0.2) is 0 Å². The van der Waals surface area contributed by atoms with Gasteiger partial charge in [0.1, 0.15) is 5.82 Å². The van der Waals surface area contributed by atoms with E-state index in [1.54, 1.807) is 0 Å². The molecule has 1 aromatic carbocycles. The third kappa shape index (κ3) is 4.68. The van der Waals surface area contributed by atoms with Crippen molar-refractivity contribution in [3.8, 4) is 0 Å². The van der Waals surface area contributed by atoms with Gasteiger partial charge in [-0.2, -0.15) is 0 Å². The molecular weight excluding hydrogens is 309 g/mol. The van der Waals surface area contributed by atoms with E-state index in [9.17, 15) is 14.0 Å². The van der Waals surface area contributed by atoms with Crippen LogP contribution in [0.4, 0.5) is 10.1 Å². The first-order valence-corrected chi connectivity index (χ1v) is 7.60. The van der Waals surface area contributed by atoms with Crippen LogP contribution in [0, 0.1) is 11.7 Å². The molecule has 0 aliphatic carbocycles. The Kier molecular flexibility index (Phi) is 5.74. The highest BCUT2D eigenvalue weighted by Gasteiger charge is 2.23. The number of likely N-dealkylation sites (tertiary alicyclic amines) is 1. The molecule has 22 heavy (non-hydrogen) atoms. The summed E-state index contributed by atoms with van der Waals surface area (Å²) in [6.45, 7) is 2.07. The van der Waals surface area contributed by atoms with Gasteiger partial charge in [0.25, 0.3) is 0 Å². The molecular formula is C15H19ClFN3O2. The Morgan fingerprint density at radius 3 is 2.64 bits per heavy atom. The SMILES string of the molecule is NC(=O)C1CCN(CCC(=O)Nc2ccc(Cl)cc2F)CC1. The third-order valence-corrected chi connectivity index (χ3v) is 4.09. The molecule has 0 saturated carbocycles. The van der Waals surface area contributed by atoms with Crippen molar-refractivity contribution in [3.63, 3.8) is 0 Å². The van der Waals surface area contributed by atoms with Gasteiger partial charge >= 0.3 is 0 Å². The number of amides is 2. The summed E-state index contributed by atoms with van der Waals surface area (Å²) in [5, 5.41) is 2.82. The first-order valence-electron chi connectivity index (χ1n) is 7.22. The lowest BCUT2D eigenvalue weighted by molar-refractivity contribution is -0.123. The largest absolute Gasteiger partial charge is 0.369 e. The summed E-state index contributed by atoms with van der Waals surface area (Å²) >= 11 is 5.66. The van der Waals surface area contributed by atoms with Gasteiger partial charge in [-0.25, -0.2) is 4.39 Å². The average molecular weight is 328 g/mol. The molecule has 0 aromatic heterocycles.